The van der Waals surface area contributed by atoms with Gasteiger partial charge in [0.1, 0.15) is 0 Å². The van der Waals surface area contributed by atoms with Gasteiger partial charge in [-0.25, -0.2) is 14.5 Å². The summed E-state index contributed by atoms with van der Waals surface area (Å²) in [6.07, 6.45) is 0. The number of methoxy groups -OCH3 is 1. The number of hydrazone groups is 1. The third-order valence-corrected chi connectivity index (χ3v) is 6.46. The summed E-state index contributed by atoms with van der Waals surface area (Å²) in [5.41, 5.74) is 8.14. The minimum atomic E-state index is -0.362. The molecule has 6 rings (SSSR count). The number of carbonyl (C=O) groups is 1. The molecule has 0 N–H and O–H groups in total. The van der Waals surface area contributed by atoms with Crippen LogP contribution < -0.4 is 5.01 Å². The van der Waals surface area contributed by atoms with Gasteiger partial charge in [0.05, 0.1) is 29.8 Å². The fraction of sp³-hybridized carbons (Fsp3) is 0.0645. The Labute approximate surface area is 215 Å². The summed E-state index contributed by atoms with van der Waals surface area (Å²) in [6.45, 7) is 2.04. The molecule has 1 aromatic heterocycles. The number of aryl methyl sites for hydroxylation is 1. The van der Waals surface area contributed by atoms with Crippen molar-refractivity contribution in [3.63, 3.8) is 0 Å². The average Bonchev–Trinajstić information content (AvgIpc) is 3.49. The number of hydrogen-bond donors (Lipinski definition) is 0. The zero-order valence-electron chi connectivity index (χ0n) is 20.5. The molecule has 6 nitrogen and oxygen atoms in total. The second kappa shape index (κ2) is 9.24. The Morgan fingerprint density at radius 1 is 0.784 bits per heavy atom. The normalized spacial score (nSPS) is 12.8. The number of para-hydroxylation sites is 2. The molecule has 5 aromatic rings. The monoisotopic (exact) mass is 484 g/mol. The van der Waals surface area contributed by atoms with Crippen LogP contribution in [0.2, 0.25) is 0 Å². The van der Waals surface area contributed by atoms with Crippen LogP contribution in [0, 0.1) is 6.92 Å². The highest BCUT2D eigenvalue weighted by Crippen LogP contribution is 2.39. The molecule has 0 fully saturated rings. The number of carbonyl (C=O) groups excluding carboxylic acids is 1. The van der Waals surface area contributed by atoms with Gasteiger partial charge in [-0.1, -0.05) is 66.7 Å². The summed E-state index contributed by atoms with van der Waals surface area (Å²) < 4.78 is 6.87. The fourth-order valence-electron chi connectivity index (χ4n) is 4.70. The van der Waals surface area contributed by atoms with E-state index in [0.29, 0.717) is 11.4 Å². The van der Waals surface area contributed by atoms with Crippen LogP contribution in [-0.4, -0.2) is 28.6 Å². The zero-order chi connectivity index (χ0) is 25.4. The first kappa shape index (κ1) is 22.5. The van der Waals surface area contributed by atoms with Gasteiger partial charge in [-0.3, -0.25) is 0 Å². The van der Waals surface area contributed by atoms with Crippen molar-refractivity contribution < 1.29 is 9.53 Å². The number of nitrogens with zero attached hydrogens (tertiary/aromatic N) is 4. The summed E-state index contributed by atoms with van der Waals surface area (Å²) in [5, 5.41) is 12.0. The Bertz CT molecular complexity index is 1640. The molecule has 0 saturated carbocycles. The Morgan fingerprint density at radius 2 is 1.43 bits per heavy atom. The standard InChI is InChI=1S/C31H24N4O2/c1-21-19-29(32-34(21)23-11-5-3-6-12-23)35(24-13-7-4-8-14-24)33-30-26-16-10-9-15-25(26)28-20-22(31(36)37-2)17-18-27(28)30/h3-20H,1-2H3/b33-30-. The first-order valence-electron chi connectivity index (χ1n) is 12.0. The van der Waals surface area contributed by atoms with Gasteiger partial charge in [0.25, 0.3) is 0 Å². The summed E-state index contributed by atoms with van der Waals surface area (Å²) in [7, 11) is 1.39. The highest BCUT2D eigenvalue weighted by Gasteiger charge is 2.28. The summed E-state index contributed by atoms with van der Waals surface area (Å²) in [4.78, 5) is 12.2. The number of fused-ring (bicyclic) bond motifs is 3. The maximum Gasteiger partial charge on any atom is 0.337 e. The van der Waals surface area contributed by atoms with Crippen molar-refractivity contribution in [2.45, 2.75) is 6.92 Å². The number of benzene rings is 4. The average molecular weight is 485 g/mol. The number of anilines is 2. The molecule has 0 aliphatic heterocycles. The topological polar surface area (TPSA) is 59.7 Å². The van der Waals surface area contributed by atoms with Gasteiger partial charge in [-0.15, -0.1) is 5.10 Å². The lowest BCUT2D eigenvalue weighted by Gasteiger charge is -2.18. The fourth-order valence-corrected chi connectivity index (χ4v) is 4.70. The molecule has 0 unspecified atom stereocenters. The number of ether oxygens (including phenoxy) is 1. The van der Waals surface area contributed by atoms with Gasteiger partial charge in [0.15, 0.2) is 5.82 Å². The van der Waals surface area contributed by atoms with E-state index in [-0.39, 0.29) is 5.97 Å². The van der Waals surface area contributed by atoms with E-state index in [1.807, 2.05) is 108 Å². The number of hydrogen-bond acceptors (Lipinski definition) is 5. The van der Waals surface area contributed by atoms with E-state index in [9.17, 15) is 4.79 Å². The van der Waals surface area contributed by atoms with Crippen molar-refractivity contribution >= 4 is 23.2 Å². The smallest absolute Gasteiger partial charge is 0.337 e. The van der Waals surface area contributed by atoms with Crippen LogP contribution in [-0.2, 0) is 4.74 Å². The predicted octanol–water partition coefficient (Wildman–Crippen LogP) is 6.54. The van der Waals surface area contributed by atoms with Gasteiger partial charge < -0.3 is 4.74 Å². The third-order valence-electron chi connectivity index (χ3n) is 6.46. The second-order valence-corrected chi connectivity index (χ2v) is 8.78. The Balaban J connectivity index is 1.53. The molecule has 6 heteroatoms. The molecule has 1 aliphatic carbocycles. The van der Waals surface area contributed by atoms with E-state index in [1.165, 1.54) is 7.11 Å². The molecule has 0 radical (unpaired) electrons. The van der Waals surface area contributed by atoms with E-state index in [1.54, 1.807) is 6.07 Å². The first-order valence-corrected chi connectivity index (χ1v) is 12.0. The Kier molecular flexibility index (Phi) is 5.62. The molecule has 1 aliphatic rings. The van der Waals surface area contributed by atoms with E-state index >= 15 is 0 Å². The lowest BCUT2D eigenvalue weighted by molar-refractivity contribution is 0.0601. The Hall–Kier alpha value is -4.97. The highest BCUT2D eigenvalue weighted by atomic mass is 16.5. The van der Waals surface area contributed by atoms with Crippen LogP contribution in [0.15, 0.2) is 114 Å². The van der Waals surface area contributed by atoms with E-state index < -0.39 is 0 Å². The van der Waals surface area contributed by atoms with Crippen molar-refractivity contribution in [3.05, 3.63) is 132 Å². The predicted molar refractivity (Wildman–Crippen MR) is 146 cm³/mol. The molecular formula is C31H24N4O2. The van der Waals surface area contributed by atoms with Crippen molar-refractivity contribution in [3.8, 4) is 16.8 Å². The molecule has 0 saturated heterocycles. The largest absolute Gasteiger partial charge is 0.465 e. The number of aromatic nitrogens is 2. The molecule has 0 amide bonds. The van der Waals surface area contributed by atoms with E-state index in [2.05, 4.69) is 12.1 Å². The van der Waals surface area contributed by atoms with Crippen LogP contribution in [0.25, 0.3) is 16.8 Å². The van der Waals surface area contributed by atoms with Crippen molar-refractivity contribution in [2.24, 2.45) is 5.10 Å². The lowest BCUT2D eigenvalue weighted by Crippen LogP contribution is -2.15. The molecule has 0 atom stereocenters. The van der Waals surface area contributed by atoms with Crippen LogP contribution in [0.3, 0.4) is 0 Å². The van der Waals surface area contributed by atoms with Crippen LogP contribution in [0.4, 0.5) is 11.5 Å². The Morgan fingerprint density at radius 3 is 2.16 bits per heavy atom. The summed E-state index contributed by atoms with van der Waals surface area (Å²) >= 11 is 0. The van der Waals surface area contributed by atoms with Crippen LogP contribution in [0.1, 0.15) is 27.2 Å². The molecule has 0 bridgehead atoms. The number of esters is 1. The van der Waals surface area contributed by atoms with Gasteiger partial charge in [0, 0.05) is 22.9 Å². The minimum absolute atomic E-state index is 0.362. The quantitative estimate of drug-likeness (QED) is 0.206. The zero-order valence-corrected chi connectivity index (χ0v) is 20.5. The minimum Gasteiger partial charge on any atom is -0.465 e. The molecule has 1 heterocycles. The lowest BCUT2D eigenvalue weighted by atomic mass is 10.0. The molecule has 37 heavy (non-hydrogen) atoms. The second-order valence-electron chi connectivity index (χ2n) is 8.78. The molecule has 0 spiro atoms. The SMILES string of the molecule is COC(=O)c1ccc2c(c1)-c1ccccc1/C2=N/N(c1ccccc1)c1cc(C)n(-c2ccccc2)n1. The van der Waals surface area contributed by atoms with Gasteiger partial charge in [0.2, 0.25) is 0 Å². The van der Waals surface area contributed by atoms with Crippen molar-refractivity contribution in [1.82, 2.24) is 9.78 Å². The van der Waals surface area contributed by atoms with E-state index in [0.717, 1.165) is 45.0 Å². The maximum atomic E-state index is 12.2. The van der Waals surface area contributed by atoms with Crippen LogP contribution >= 0.6 is 0 Å². The maximum absolute atomic E-state index is 12.2. The molecular weight excluding hydrogens is 460 g/mol. The van der Waals surface area contributed by atoms with Gasteiger partial charge >= 0.3 is 5.97 Å². The van der Waals surface area contributed by atoms with Crippen molar-refractivity contribution in [1.29, 1.82) is 0 Å². The molecule has 4 aromatic carbocycles. The molecule has 180 valence electrons. The highest BCUT2D eigenvalue weighted by molar-refractivity contribution is 6.25. The first-order chi connectivity index (χ1) is 18.1. The van der Waals surface area contributed by atoms with E-state index in [4.69, 9.17) is 14.9 Å². The van der Waals surface area contributed by atoms with Gasteiger partial charge in [-0.05, 0) is 54.4 Å². The number of rotatable bonds is 5. The summed E-state index contributed by atoms with van der Waals surface area (Å²) in [5.74, 6) is 0.343. The third kappa shape index (κ3) is 3.98. The van der Waals surface area contributed by atoms with Gasteiger partial charge in [-0.2, -0.15) is 5.10 Å². The van der Waals surface area contributed by atoms with Crippen molar-refractivity contribution in [2.75, 3.05) is 12.1 Å². The van der Waals surface area contributed by atoms with Crippen LogP contribution in [0.5, 0.6) is 0 Å². The summed E-state index contributed by atoms with van der Waals surface area (Å²) in [6, 6.07) is 35.8.